The van der Waals surface area contributed by atoms with Gasteiger partial charge in [0.25, 0.3) is 0 Å². The number of benzene rings is 3. The van der Waals surface area contributed by atoms with Crippen molar-refractivity contribution >= 4 is 17.9 Å². The number of hydrogen-bond donors (Lipinski definition) is 1. The van der Waals surface area contributed by atoms with Crippen LogP contribution in [-0.4, -0.2) is 60.4 Å². The third-order valence-electron chi connectivity index (χ3n) is 5.48. The molecule has 0 spiro atoms. The van der Waals surface area contributed by atoms with Crippen molar-refractivity contribution in [3.63, 3.8) is 0 Å². The lowest BCUT2D eigenvalue weighted by atomic mass is 9.99. The number of carbonyl (C=O) groups is 3. The van der Waals surface area contributed by atoms with Gasteiger partial charge < -0.3 is 24.1 Å². The molecule has 0 aromatic heterocycles. The van der Waals surface area contributed by atoms with Crippen molar-refractivity contribution in [2.75, 3.05) is 6.61 Å². The third-order valence-corrected chi connectivity index (χ3v) is 5.48. The summed E-state index contributed by atoms with van der Waals surface area (Å²) < 4.78 is 36.7. The third kappa shape index (κ3) is 5.94. The molecule has 1 saturated heterocycles. The molecule has 5 atom stereocenters. The summed E-state index contributed by atoms with van der Waals surface area (Å²) in [6.45, 7) is -0.579. The zero-order chi connectivity index (χ0) is 25.5. The number of aliphatic hydroxyl groups is 1. The van der Waals surface area contributed by atoms with Crippen LogP contribution >= 0.6 is 0 Å². The zero-order valence-electron chi connectivity index (χ0n) is 18.9. The number of ether oxygens (including phenoxy) is 4. The highest BCUT2D eigenvalue weighted by Gasteiger charge is 2.51. The second-order valence-corrected chi connectivity index (χ2v) is 7.95. The SMILES string of the molecule is O=C(OCC1O[C@H](O)[C@H](OC(=O)c2ccccc2)[C@@H](OC(=O)c2ccccc2)[C@@H]1F)c1ccccc1. The van der Waals surface area contributed by atoms with E-state index in [9.17, 15) is 19.5 Å². The number of esters is 3. The van der Waals surface area contributed by atoms with Crippen LogP contribution in [0, 0.1) is 0 Å². The first kappa shape index (κ1) is 25.0. The normalized spacial score (nSPS) is 23.3. The summed E-state index contributed by atoms with van der Waals surface area (Å²) in [6, 6.07) is 23.7. The molecule has 8 nitrogen and oxygen atoms in total. The second kappa shape index (κ2) is 11.6. The van der Waals surface area contributed by atoms with Crippen LogP contribution < -0.4 is 0 Å². The molecule has 186 valence electrons. The number of aliphatic hydroxyl groups excluding tert-OH is 1. The van der Waals surface area contributed by atoms with Crippen LogP contribution in [0.25, 0.3) is 0 Å². The second-order valence-electron chi connectivity index (χ2n) is 7.95. The number of hydrogen-bond acceptors (Lipinski definition) is 8. The van der Waals surface area contributed by atoms with E-state index in [4.69, 9.17) is 18.9 Å². The van der Waals surface area contributed by atoms with Gasteiger partial charge in [-0.25, -0.2) is 18.8 Å². The highest BCUT2D eigenvalue weighted by atomic mass is 19.1. The van der Waals surface area contributed by atoms with Crippen molar-refractivity contribution in [1.82, 2.24) is 0 Å². The Morgan fingerprint density at radius 3 is 1.58 bits per heavy atom. The van der Waals surface area contributed by atoms with Gasteiger partial charge in [0.2, 0.25) is 0 Å². The molecule has 4 rings (SSSR count). The Morgan fingerprint density at radius 2 is 1.11 bits per heavy atom. The van der Waals surface area contributed by atoms with Gasteiger partial charge in [-0.2, -0.15) is 0 Å². The van der Waals surface area contributed by atoms with Crippen molar-refractivity contribution in [3.05, 3.63) is 108 Å². The highest BCUT2D eigenvalue weighted by Crippen LogP contribution is 2.29. The zero-order valence-corrected chi connectivity index (χ0v) is 18.9. The van der Waals surface area contributed by atoms with Crippen LogP contribution in [0.4, 0.5) is 4.39 Å². The molecule has 3 aromatic rings. The van der Waals surface area contributed by atoms with Gasteiger partial charge >= 0.3 is 17.9 Å². The summed E-state index contributed by atoms with van der Waals surface area (Å²) in [4.78, 5) is 37.6. The van der Waals surface area contributed by atoms with Gasteiger partial charge in [-0.1, -0.05) is 54.6 Å². The van der Waals surface area contributed by atoms with E-state index >= 15 is 4.39 Å². The molecule has 1 unspecified atom stereocenters. The highest BCUT2D eigenvalue weighted by molar-refractivity contribution is 5.90. The Labute approximate surface area is 206 Å². The topological polar surface area (TPSA) is 108 Å². The fraction of sp³-hybridized carbons (Fsp3) is 0.222. The molecule has 0 radical (unpaired) electrons. The standard InChI is InChI=1S/C27H23FO8/c28-21-20(16-33-24(29)17-10-4-1-5-11-17)34-27(32)23(36-26(31)19-14-8-3-9-15-19)22(21)35-25(30)18-12-6-2-7-13-18/h1-15,20-23,27,32H,16H2/t20?,21-,22+,23-,27+/m1/s1. The van der Waals surface area contributed by atoms with E-state index in [1.165, 1.54) is 36.4 Å². The lowest BCUT2D eigenvalue weighted by Gasteiger charge is -2.40. The summed E-state index contributed by atoms with van der Waals surface area (Å²) in [5.41, 5.74) is 0.518. The van der Waals surface area contributed by atoms with Gasteiger partial charge in [-0.15, -0.1) is 0 Å². The Bertz CT molecular complexity index is 1170. The molecule has 3 aromatic carbocycles. The predicted octanol–water partition coefficient (Wildman–Crippen LogP) is 3.35. The number of carbonyl (C=O) groups excluding carboxylic acids is 3. The van der Waals surface area contributed by atoms with E-state index in [1.54, 1.807) is 54.6 Å². The average molecular weight is 494 g/mol. The lowest BCUT2D eigenvalue weighted by Crippen LogP contribution is -2.60. The number of alkyl halides is 1. The van der Waals surface area contributed by atoms with E-state index in [0.717, 1.165) is 0 Å². The van der Waals surface area contributed by atoms with Crippen LogP contribution in [0.15, 0.2) is 91.0 Å². The summed E-state index contributed by atoms with van der Waals surface area (Å²) in [6.07, 6.45) is -8.87. The van der Waals surface area contributed by atoms with E-state index in [1.807, 2.05) is 0 Å². The molecule has 0 amide bonds. The first-order valence-electron chi connectivity index (χ1n) is 11.2. The smallest absolute Gasteiger partial charge is 0.338 e. The molecule has 36 heavy (non-hydrogen) atoms. The van der Waals surface area contributed by atoms with Crippen molar-refractivity contribution < 1.29 is 42.8 Å². The first-order valence-corrected chi connectivity index (χ1v) is 11.2. The minimum absolute atomic E-state index is 0.130. The molecule has 0 aliphatic carbocycles. The summed E-state index contributed by atoms with van der Waals surface area (Å²) in [5.74, 6) is -2.49. The van der Waals surface area contributed by atoms with E-state index < -0.39 is 55.3 Å². The van der Waals surface area contributed by atoms with E-state index in [0.29, 0.717) is 0 Å². The van der Waals surface area contributed by atoms with Gasteiger partial charge in [0.05, 0.1) is 16.7 Å². The predicted molar refractivity (Wildman–Crippen MR) is 124 cm³/mol. The maximum absolute atomic E-state index is 15.6. The Kier molecular flexibility index (Phi) is 8.04. The lowest BCUT2D eigenvalue weighted by molar-refractivity contribution is -0.273. The monoisotopic (exact) mass is 494 g/mol. The quantitative estimate of drug-likeness (QED) is 0.394. The molecule has 1 N–H and O–H groups in total. The van der Waals surface area contributed by atoms with Crippen molar-refractivity contribution in [3.8, 4) is 0 Å². The largest absolute Gasteiger partial charge is 0.459 e. The van der Waals surface area contributed by atoms with Gasteiger partial charge in [0, 0.05) is 0 Å². The first-order chi connectivity index (χ1) is 17.4. The molecule has 0 saturated carbocycles. The average Bonchev–Trinajstić information content (AvgIpc) is 2.92. The minimum atomic E-state index is -2.10. The maximum atomic E-state index is 15.6. The van der Waals surface area contributed by atoms with Crippen LogP contribution in [0.1, 0.15) is 31.1 Å². The van der Waals surface area contributed by atoms with Crippen molar-refractivity contribution in [2.45, 2.75) is 30.8 Å². The molecular formula is C27H23FO8. The maximum Gasteiger partial charge on any atom is 0.338 e. The van der Waals surface area contributed by atoms with E-state index in [-0.39, 0.29) is 16.7 Å². The van der Waals surface area contributed by atoms with Gasteiger partial charge in [-0.3, -0.25) is 0 Å². The number of halogens is 1. The van der Waals surface area contributed by atoms with Gasteiger partial charge in [-0.05, 0) is 36.4 Å². The van der Waals surface area contributed by atoms with Crippen molar-refractivity contribution in [1.29, 1.82) is 0 Å². The van der Waals surface area contributed by atoms with Gasteiger partial charge in [0.15, 0.2) is 24.7 Å². The molecule has 0 bridgehead atoms. The van der Waals surface area contributed by atoms with Crippen molar-refractivity contribution in [2.24, 2.45) is 0 Å². The van der Waals surface area contributed by atoms with Crippen LogP contribution in [0.5, 0.6) is 0 Å². The molecular weight excluding hydrogens is 471 g/mol. The Morgan fingerprint density at radius 1 is 0.694 bits per heavy atom. The molecule has 1 aliphatic rings. The fourth-order valence-electron chi connectivity index (χ4n) is 3.62. The molecule has 1 aliphatic heterocycles. The van der Waals surface area contributed by atoms with E-state index in [2.05, 4.69) is 0 Å². The van der Waals surface area contributed by atoms with Crippen LogP contribution in [0.2, 0.25) is 0 Å². The molecule has 1 heterocycles. The molecule has 9 heteroatoms. The van der Waals surface area contributed by atoms with Crippen LogP contribution in [-0.2, 0) is 18.9 Å². The minimum Gasteiger partial charge on any atom is -0.459 e. The Hall–Kier alpha value is -4.08. The summed E-state index contributed by atoms with van der Waals surface area (Å²) in [5, 5.41) is 10.6. The number of rotatable bonds is 7. The van der Waals surface area contributed by atoms with Crippen LogP contribution in [0.3, 0.4) is 0 Å². The fourth-order valence-corrected chi connectivity index (χ4v) is 3.62. The van der Waals surface area contributed by atoms with Gasteiger partial charge in [0.1, 0.15) is 12.7 Å². The summed E-state index contributed by atoms with van der Waals surface area (Å²) >= 11 is 0. The molecule has 1 fully saturated rings. The summed E-state index contributed by atoms with van der Waals surface area (Å²) in [7, 11) is 0. The Balaban J connectivity index is 1.52.